The molecule has 0 unspecified atom stereocenters. The number of ether oxygens (including phenoxy) is 2. The van der Waals surface area contributed by atoms with E-state index in [4.69, 9.17) is 4.74 Å². The Balaban J connectivity index is 2.95. The molecule has 1 heterocycles. The van der Waals surface area contributed by atoms with Crippen LogP contribution >= 0.6 is 0 Å². The van der Waals surface area contributed by atoms with Gasteiger partial charge in [0.2, 0.25) is 5.88 Å². The summed E-state index contributed by atoms with van der Waals surface area (Å²) in [7, 11) is 2.58. The van der Waals surface area contributed by atoms with Crippen LogP contribution < -0.4 is 4.74 Å². The molecule has 0 saturated carbocycles. The van der Waals surface area contributed by atoms with E-state index in [1.54, 1.807) is 0 Å². The molecular formula is C9H9NO4. The lowest BCUT2D eigenvalue weighted by molar-refractivity contribution is -0.135. The molecule has 14 heavy (non-hydrogen) atoms. The molecule has 0 amide bonds. The third kappa shape index (κ3) is 2.07. The minimum atomic E-state index is -0.904. The lowest BCUT2D eigenvalue weighted by Crippen LogP contribution is -2.15. The Kier molecular flexibility index (Phi) is 3.17. The number of carbonyl (C=O) groups is 2. The van der Waals surface area contributed by atoms with Gasteiger partial charge >= 0.3 is 5.97 Å². The lowest BCUT2D eigenvalue weighted by Gasteiger charge is -2.00. The van der Waals surface area contributed by atoms with Gasteiger partial charge in [0.25, 0.3) is 5.78 Å². The first-order valence-electron chi connectivity index (χ1n) is 3.81. The predicted molar refractivity (Wildman–Crippen MR) is 47.1 cm³/mol. The second-order valence-electron chi connectivity index (χ2n) is 2.41. The van der Waals surface area contributed by atoms with Gasteiger partial charge in [0.15, 0.2) is 0 Å². The number of esters is 1. The molecule has 1 aromatic heterocycles. The number of rotatable bonds is 3. The Bertz CT molecular complexity index is 362. The smallest absolute Gasteiger partial charge is 0.379 e. The zero-order valence-electron chi connectivity index (χ0n) is 7.81. The van der Waals surface area contributed by atoms with Crippen LogP contribution in [0.4, 0.5) is 0 Å². The maximum atomic E-state index is 11.3. The molecule has 0 aliphatic carbocycles. The number of aromatic nitrogens is 1. The van der Waals surface area contributed by atoms with Crippen LogP contribution in [0.1, 0.15) is 10.4 Å². The van der Waals surface area contributed by atoms with Crippen molar-refractivity contribution in [2.45, 2.75) is 0 Å². The average Bonchev–Trinajstić information content (AvgIpc) is 2.27. The molecule has 0 saturated heterocycles. The van der Waals surface area contributed by atoms with E-state index in [-0.39, 0.29) is 11.4 Å². The molecule has 0 bridgehead atoms. The maximum Gasteiger partial charge on any atom is 0.379 e. The van der Waals surface area contributed by atoms with Crippen LogP contribution in [0.15, 0.2) is 18.3 Å². The number of nitrogens with zero attached hydrogens (tertiary/aromatic N) is 1. The van der Waals surface area contributed by atoms with Crippen LogP contribution in [0.2, 0.25) is 0 Å². The molecule has 5 nitrogen and oxygen atoms in total. The van der Waals surface area contributed by atoms with E-state index < -0.39 is 11.8 Å². The van der Waals surface area contributed by atoms with Crippen molar-refractivity contribution in [2.75, 3.05) is 14.2 Å². The quantitative estimate of drug-likeness (QED) is 0.398. The topological polar surface area (TPSA) is 65.5 Å². The van der Waals surface area contributed by atoms with Gasteiger partial charge in [0.05, 0.1) is 14.2 Å². The van der Waals surface area contributed by atoms with Crippen LogP contribution in [0, 0.1) is 0 Å². The zero-order valence-corrected chi connectivity index (χ0v) is 7.81. The van der Waals surface area contributed by atoms with Gasteiger partial charge < -0.3 is 9.47 Å². The van der Waals surface area contributed by atoms with Gasteiger partial charge in [0, 0.05) is 17.8 Å². The minimum Gasteiger partial charge on any atom is -0.481 e. The summed E-state index contributed by atoms with van der Waals surface area (Å²) >= 11 is 0. The summed E-state index contributed by atoms with van der Waals surface area (Å²) in [6, 6.07) is 2.79. The standard InChI is InChI=1S/C9H9NO4/c1-13-7-5-6(3-4-10-7)8(11)9(12)14-2/h3-5H,1-2H3. The fraction of sp³-hybridized carbons (Fsp3) is 0.222. The van der Waals surface area contributed by atoms with Crippen molar-refractivity contribution in [1.29, 1.82) is 0 Å². The summed E-state index contributed by atoms with van der Waals surface area (Å²) in [5.41, 5.74) is 0.198. The number of ketones is 1. The highest BCUT2D eigenvalue weighted by Crippen LogP contribution is 2.09. The monoisotopic (exact) mass is 195 g/mol. The van der Waals surface area contributed by atoms with Gasteiger partial charge in [-0.2, -0.15) is 0 Å². The van der Waals surface area contributed by atoms with Crippen molar-refractivity contribution < 1.29 is 19.1 Å². The molecule has 1 rings (SSSR count). The molecule has 0 fully saturated rings. The van der Waals surface area contributed by atoms with Crippen LogP contribution in [0.3, 0.4) is 0 Å². The third-order valence-electron chi connectivity index (χ3n) is 1.58. The highest BCUT2D eigenvalue weighted by atomic mass is 16.5. The van der Waals surface area contributed by atoms with Gasteiger partial charge in [-0.15, -0.1) is 0 Å². The molecule has 1 aromatic rings. The van der Waals surface area contributed by atoms with Crippen molar-refractivity contribution in [3.05, 3.63) is 23.9 Å². The van der Waals surface area contributed by atoms with Crippen LogP contribution in [-0.2, 0) is 9.53 Å². The number of carbonyl (C=O) groups excluding carboxylic acids is 2. The minimum absolute atomic E-state index is 0.198. The molecule has 0 aliphatic heterocycles. The summed E-state index contributed by atoms with van der Waals surface area (Å²) < 4.78 is 9.09. The van der Waals surface area contributed by atoms with Gasteiger partial charge in [-0.3, -0.25) is 4.79 Å². The number of pyridine rings is 1. The number of Topliss-reactive ketones (excluding diaryl/α,β-unsaturated/α-hetero) is 1. The molecule has 0 aromatic carbocycles. The van der Waals surface area contributed by atoms with Crippen LogP contribution in [0.5, 0.6) is 5.88 Å². The van der Waals surface area contributed by atoms with E-state index in [0.717, 1.165) is 7.11 Å². The van der Waals surface area contributed by atoms with Gasteiger partial charge in [0.1, 0.15) is 0 Å². The van der Waals surface area contributed by atoms with E-state index in [0.29, 0.717) is 0 Å². The second kappa shape index (κ2) is 4.36. The molecule has 0 N–H and O–H groups in total. The Morgan fingerprint density at radius 2 is 2.07 bits per heavy atom. The molecule has 74 valence electrons. The van der Waals surface area contributed by atoms with Crippen molar-refractivity contribution in [3.8, 4) is 5.88 Å². The van der Waals surface area contributed by atoms with Crippen molar-refractivity contribution in [2.24, 2.45) is 0 Å². The maximum absolute atomic E-state index is 11.3. The second-order valence-corrected chi connectivity index (χ2v) is 2.41. The lowest BCUT2D eigenvalue weighted by atomic mass is 10.2. The summed E-state index contributed by atoms with van der Waals surface area (Å²) in [6.45, 7) is 0. The summed E-state index contributed by atoms with van der Waals surface area (Å²) in [6.07, 6.45) is 1.38. The molecular weight excluding hydrogens is 186 g/mol. The summed E-state index contributed by atoms with van der Waals surface area (Å²) in [5, 5.41) is 0. The first-order valence-corrected chi connectivity index (χ1v) is 3.81. The normalized spacial score (nSPS) is 9.29. The molecule has 0 radical (unpaired) electrons. The fourth-order valence-electron chi connectivity index (χ4n) is 0.873. The van der Waals surface area contributed by atoms with E-state index >= 15 is 0 Å². The highest BCUT2D eigenvalue weighted by Gasteiger charge is 2.16. The Morgan fingerprint density at radius 1 is 1.36 bits per heavy atom. The summed E-state index contributed by atoms with van der Waals surface area (Å²) in [5.74, 6) is -1.34. The van der Waals surface area contributed by atoms with Crippen molar-refractivity contribution >= 4 is 11.8 Å². The third-order valence-corrected chi connectivity index (χ3v) is 1.58. The summed E-state index contributed by atoms with van der Waals surface area (Å²) in [4.78, 5) is 26.0. The van der Waals surface area contributed by atoms with Crippen molar-refractivity contribution in [1.82, 2.24) is 4.98 Å². The number of methoxy groups -OCH3 is 2. The number of hydrogen-bond acceptors (Lipinski definition) is 5. The SMILES string of the molecule is COC(=O)C(=O)c1ccnc(OC)c1. The van der Waals surface area contributed by atoms with Crippen molar-refractivity contribution in [3.63, 3.8) is 0 Å². The molecule has 0 aliphatic rings. The Hall–Kier alpha value is -1.91. The van der Waals surface area contributed by atoms with Crippen LogP contribution in [0.25, 0.3) is 0 Å². The van der Waals surface area contributed by atoms with Gasteiger partial charge in [-0.05, 0) is 6.07 Å². The zero-order chi connectivity index (χ0) is 10.6. The average molecular weight is 195 g/mol. The first-order chi connectivity index (χ1) is 6.69. The number of hydrogen-bond donors (Lipinski definition) is 0. The fourth-order valence-corrected chi connectivity index (χ4v) is 0.873. The molecule has 0 atom stereocenters. The largest absolute Gasteiger partial charge is 0.481 e. The van der Waals surface area contributed by atoms with E-state index in [1.165, 1.54) is 25.4 Å². The Labute approximate surface area is 80.7 Å². The molecule has 0 spiro atoms. The van der Waals surface area contributed by atoms with E-state index in [9.17, 15) is 9.59 Å². The molecule has 5 heteroatoms. The van der Waals surface area contributed by atoms with E-state index in [2.05, 4.69) is 9.72 Å². The van der Waals surface area contributed by atoms with Crippen LogP contribution in [-0.4, -0.2) is 31.0 Å². The van der Waals surface area contributed by atoms with Gasteiger partial charge in [-0.25, -0.2) is 9.78 Å². The highest BCUT2D eigenvalue weighted by molar-refractivity contribution is 6.40. The van der Waals surface area contributed by atoms with E-state index in [1.807, 2.05) is 0 Å². The van der Waals surface area contributed by atoms with Gasteiger partial charge in [-0.1, -0.05) is 0 Å². The predicted octanol–water partition coefficient (Wildman–Crippen LogP) is 0.446. The Morgan fingerprint density at radius 3 is 2.64 bits per heavy atom. The first kappa shape index (κ1) is 10.2.